The molecule has 2 unspecified atom stereocenters. The molecule has 2 N–H and O–H groups in total. The Balaban J connectivity index is 2.08. The van der Waals surface area contributed by atoms with Gasteiger partial charge in [-0.05, 0) is 60.8 Å². The van der Waals surface area contributed by atoms with Gasteiger partial charge in [-0.15, -0.1) is 0 Å². The van der Waals surface area contributed by atoms with Crippen LogP contribution in [0.4, 0.5) is 5.69 Å². The highest BCUT2D eigenvalue weighted by Crippen LogP contribution is 2.46. The number of hydrogen-bond donors (Lipinski definition) is 2. The molecule has 2 rings (SSSR count). The molecular weight excluding hydrogens is 260 g/mol. The van der Waals surface area contributed by atoms with E-state index in [1.54, 1.807) is 0 Å². The highest BCUT2D eigenvalue weighted by molar-refractivity contribution is 5.52. The summed E-state index contributed by atoms with van der Waals surface area (Å²) in [5.41, 5.74) is 3.03. The lowest BCUT2D eigenvalue weighted by Crippen LogP contribution is -2.42. The molecule has 0 radical (unpaired) electrons. The van der Waals surface area contributed by atoms with E-state index in [1.165, 1.54) is 0 Å². The largest absolute Gasteiger partial charge is 0.393 e. The summed E-state index contributed by atoms with van der Waals surface area (Å²) in [6, 6.07) is 8.04. The smallest absolute Gasteiger partial charge is 0.0992 e. The van der Waals surface area contributed by atoms with Crippen LogP contribution in [0.5, 0.6) is 0 Å². The number of benzene rings is 1. The van der Waals surface area contributed by atoms with Gasteiger partial charge in [0, 0.05) is 12.2 Å². The first-order valence-electron chi connectivity index (χ1n) is 7.65. The van der Waals surface area contributed by atoms with Crippen LogP contribution in [0.3, 0.4) is 0 Å². The van der Waals surface area contributed by atoms with Crippen LogP contribution in [0.25, 0.3) is 0 Å². The standard InChI is InChI=1S/C18H26N2O/c1-13-5-14(10-19)7-15(6-13)20-12-18(4)9-16(21)8-17(2,3)11-18/h5-7,16,20-21H,8-9,11-12H2,1-4H3. The molecule has 21 heavy (non-hydrogen) atoms. The van der Waals surface area contributed by atoms with E-state index in [0.29, 0.717) is 5.56 Å². The number of aliphatic hydroxyl groups is 1. The first kappa shape index (κ1) is 15.9. The van der Waals surface area contributed by atoms with Crippen LogP contribution in [-0.2, 0) is 0 Å². The number of aliphatic hydroxyl groups excluding tert-OH is 1. The number of nitrogens with one attached hydrogen (secondary N) is 1. The van der Waals surface area contributed by atoms with Crippen LogP contribution in [0.15, 0.2) is 18.2 Å². The third-order valence-electron chi connectivity index (χ3n) is 4.35. The van der Waals surface area contributed by atoms with Crippen molar-refractivity contribution in [1.82, 2.24) is 0 Å². The van der Waals surface area contributed by atoms with Crippen LogP contribution < -0.4 is 5.32 Å². The Kier molecular flexibility index (Phi) is 4.30. The maximum atomic E-state index is 10.1. The first-order chi connectivity index (χ1) is 9.71. The van der Waals surface area contributed by atoms with Gasteiger partial charge in [0.15, 0.2) is 0 Å². The summed E-state index contributed by atoms with van der Waals surface area (Å²) in [5.74, 6) is 0. The van der Waals surface area contributed by atoms with E-state index in [2.05, 4.69) is 38.2 Å². The van der Waals surface area contributed by atoms with Crippen LogP contribution in [0.2, 0.25) is 0 Å². The molecule has 0 heterocycles. The van der Waals surface area contributed by atoms with Crippen molar-refractivity contribution in [2.24, 2.45) is 10.8 Å². The van der Waals surface area contributed by atoms with E-state index >= 15 is 0 Å². The zero-order valence-electron chi connectivity index (χ0n) is 13.5. The van der Waals surface area contributed by atoms with Crippen molar-refractivity contribution in [3.8, 4) is 6.07 Å². The normalized spacial score (nSPS) is 27.9. The number of anilines is 1. The monoisotopic (exact) mass is 286 g/mol. The minimum absolute atomic E-state index is 0.0811. The molecule has 0 spiro atoms. The number of rotatable bonds is 3. The van der Waals surface area contributed by atoms with Gasteiger partial charge in [-0.1, -0.05) is 20.8 Å². The van der Waals surface area contributed by atoms with E-state index in [9.17, 15) is 5.11 Å². The Morgan fingerprint density at radius 1 is 1.29 bits per heavy atom. The fraction of sp³-hybridized carbons (Fsp3) is 0.611. The second-order valence-corrected chi connectivity index (χ2v) is 7.77. The SMILES string of the molecule is Cc1cc(C#N)cc(NCC2(C)CC(O)CC(C)(C)C2)c1. The number of aryl methyl sites for hydroxylation is 1. The number of nitrogens with zero attached hydrogens (tertiary/aromatic N) is 1. The Bertz CT molecular complexity index is 559. The number of nitriles is 1. The van der Waals surface area contributed by atoms with E-state index in [0.717, 1.165) is 37.1 Å². The second kappa shape index (κ2) is 5.69. The fourth-order valence-corrected chi connectivity index (χ4v) is 3.98. The predicted molar refractivity (Wildman–Crippen MR) is 86.1 cm³/mol. The lowest BCUT2D eigenvalue weighted by Gasteiger charge is -2.45. The summed E-state index contributed by atoms with van der Waals surface area (Å²) in [4.78, 5) is 0. The summed E-state index contributed by atoms with van der Waals surface area (Å²) in [5, 5.41) is 22.6. The summed E-state index contributed by atoms with van der Waals surface area (Å²) in [7, 11) is 0. The lowest BCUT2D eigenvalue weighted by molar-refractivity contribution is -0.00317. The van der Waals surface area contributed by atoms with Gasteiger partial charge in [0.25, 0.3) is 0 Å². The van der Waals surface area contributed by atoms with Gasteiger partial charge in [0.2, 0.25) is 0 Å². The Morgan fingerprint density at radius 3 is 2.62 bits per heavy atom. The molecule has 1 fully saturated rings. The van der Waals surface area contributed by atoms with Gasteiger partial charge in [0.1, 0.15) is 0 Å². The molecule has 0 saturated heterocycles. The summed E-state index contributed by atoms with van der Waals surface area (Å²) >= 11 is 0. The van der Waals surface area contributed by atoms with E-state index in [-0.39, 0.29) is 16.9 Å². The molecule has 3 nitrogen and oxygen atoms in total. The molecule has 0 aliphatic heterocycles. The van der Waals surface area contributed by atoms with Crippen LogP contribution in [0.1, 0.15) is 51.2 Å². The van der Waals surface area contributed by atoms with Gasteiger partial charge in [0.05, 0.1) is 17.7 Å². The lowest BCUT2D eigenvalue weighted by atomic mass is 9.63. The van der Waals surface area contributed by atoms with E-state index < -0.39 is 0 Å². The maximum Gasteiger partial charge on any atom is 0.0992 e. The van der Waals surface area contributed by atoms with Gasteiger partial charge >= 0.3 is 0 Å². The molecule has 0 amide bonds. The molecule has 1 aromatic carbocycles. The average Bonchev–Trinajstić information content (AvgIpc) is 2.33. The van der Waals surface area contributed by atoms with Gasteiger partial charge in [-0.3, -0.25) is 0 Å². The van der Waals surface area contributed by atoms with Crippen LogP contribution in [0, 0.1) is 29.1 Å². The van der Waals surface area contributed by atoms with Crippen molar-refractivity contribution in [3.05, 3.63) is 29.3 Å². The van der Waals surface area contributed by atoms with Gasteiger partial charge in [-0.2, -0.15) is 5.26 Å². The summed E-state index contributed by atoms with van der Waals surface area (Å²) in [6.07, 6.45) is 2.60. The molecule has 1 aliphatic carbocycles. The molecule has 3 heteroatoms. The Labute approximate surface area is 128 Å². The van der Waals surface area contributed by atoms with Crippen molar-refractivity contribution in [1.29, 1.82) is 5.26 Å². The first-order valence-corrected chi connectivity index (χ1v) is 7.65. The van der Waals surface area contributed by atoms with Gasteiger partial charge < -0.3 is 10.4 Å². The Morgan fingerprint density at radius 2 is 2.00 bits per heavy atom. The van der Waals surface area contributed by atoms with Crippen molar-refractivity contribution in [3.63, 3.8) is 0 Å². The predicted octanol–water partition coefficient (Wildman–Crippen LogP) is 3.86. The van der Waals surface area contributed by atoms with Gasteiger partial charge in [-0.25, -0.2) is 0 Å². The number of hydrogen-bond acceptors (Lipinski definition) is 3. The van der Waals surface area contributed by atoms with Crippen molar-refractivity contribution in [2.45, 2.75) is 53.1 Å². The molecule has 1 aliphatic rings. The van der Waals surface area contributed by atoms with Crippen molar-refractivity contribution in [2.75, 3.05) is 11.9 Å². The van der Waals surface area contributed by atoms with E-state index in [1.807, 2.05) is 19.1 Å². The molecule has 114 valence electrons. The summed E-state index contributed by atoms with van der Waals surface area (Å²) < 4.78 is 0. The van der Waals surface area contributed by atoms with Crippen LogP contribution in [-0.4, -0.2) is 17.8 Å². The maximum absolute atomic E-state index is 10.1. The molecule has 0 aromatic heterocycles. The highest BCUT2D eigenvalue weighted by atomic mass is 16.3. The zero-order chi connectivity index (χ0) is 15.7. The average molecular weight is 286 g/mol. The summed E-state index contributed by atoms with van der Waals surface area (Å²) in [6.45, 7) is 9.52. The molecule has 1 aromatic rings. The molecule has 1 saturated carbocycles. The third-order valence-corrected chi connectivity index (χ3v) is 4.35. The fourth-order valence-electron chi connectivity index (χ4n) is 3.98. The molecule has 0 bridgehead atoms. The van der Waals surface area contributed by atoms with E-state index in [4.69, 9.17) is 5.26 Å². The van der Waals surface area contributed by atoms with Crippen LogP contribution >= 0.6 is 0 Å². The quantitative estimate of drug-likeness (QED) is 0.887. The van der Waals surface area contributed by atoms with Crippen molar-refractivity contribution < 1.29 is 5.11 Å². The second-order valence-electron chi connectivity index (χ2n) is 7.77. The topological polar surface area (TPSA) is 56.0 Å². The molecule has 2 atom stereocenters. The highest BCUT2D eigenvalue weighted by Gasteiger charge is 2.40. The zero-order valence-corrected chi connectivity index (χ0v) is 13.5. The minimum Gasteiger partial charge on any atom is -0.393 e. The Hall–Kier alpha value is -1.53. The minimum atomic E-state index is -0.215. The van der Waals surface area contributed by atoms with Crippen molar-refractivity contribution >= 4 is 5.69 Å². The third kappa shape index (κ3) is 4.22. The molecular formula is C18H26N2O.